The van der Waals surface area contributed by atoms with Crippen LogP contribution in [0.1, 0.15) is 5.56 Å². The lowest BCUT2D eigenvalue weighted by molar-refractivity contribution is -0.364. The highest BCUT2D eigenvalue weighted by Crippen LogP contribution is 2.31. The van der Waals surface area contributed by atoms with Crippen LogP contribution in [-0.4, -0.2) is 12.1 Å². The number of benzene rings is 2. The second-order valence-electron chi connectivity index (χ2n) is 5.67. The summed E-state index contributed by atoms with van der Waals surface area (Å²) >= 11 is 0. The first-order valence-corrected chi connectivity index (χ1v) is 7.95. The third-order valence-corrected chi connectivity index (χ3v) is 3.86. The largest absolute Gasteiger partial charge is 0.471 e. The van der Waals surface area contributed by atoms with E-state index in [-0.39, 0.29) is 12.2 Å². The van der Waals surface area contributed by atoms with E-state index < -0.39 is 12.1 Å². The van der Waals surface area contributed by atoms with Crippen molar-refractivity contribution in [2.75, 3.05) is 4.90 Å². The van der Waals surface area contributed by atoms with Crippen LogP contribution in [0.3, 0.4) is 0 Å². The maximum Gasteiger partial charge on any atom is 0.471 e. The van der Waals surface area contributed by atoms with Crippen molar-refractivity contribution in [2.24, 2.45) is 0 Å². The summed E-state index contributed by atoms with van der Waals surface area (Å²) in [5.41, 5.74) is 1.91. The molecule has 26 heavy (non-hydrogen) atoms. The molecule has 0 aliphatic carbocycles. The third kappa shape index (κ3) is 3.91. The molecule has 0 radical (unpaired) electrons. The van der Waals surface area contributed by atoms with Crippen molar-refractivity contribution in [3.05, 3.63) is 84.6 Å². The minimum absolute atomic E-state index is 0.171. The molecule has 2 aromatic carbocycles. The maximum atomic E-state index is 13.2. The van der Waals surface area contributed by atoms with Crippen LogP contribution in [0.4, 0.5) is 18.9 Å². The van der Waals surface area contributed by atoms with E-state index in [1.54, 1.807) is 66.9 Å². The number of hydrogen-bond donors (Lipinski definition) is 0. The molecule has 132 valence electrons. The predicted molar refractivity (Wildman–Crippen MR) is 92.1 cm³/mol. The zero-order chi connectivity index (χ0) is 18.6. The van der Waals surface area contributed by atoms with Crippen molar-refractivity contribution < 1.29 is 22.9 Å². The fraction of sp³-hybridized carbons (Fsp3) is 0.100. The van der Waals surface area contributed by atoms with E-state index in [2.05, 4.69) is 4.98 Å². The van der Waals surface area contributed by atoms with E-state index in [0.29, 0.717) is 16.8 Å². The maximum absolute atomic E-state index is 13.2. The molecule has 3 nitrogen and oxygen atoms in total. The Labute approximate surface area is 148 Å². The molecule has 0 atom stereocenters. The summed E-state index contributed by atoms with van der Waals surface area (Å²) in [6, 6.07) is 20.6. The number of carbonyl (C=O) groups excluding carboxylic acids is 1. The predicted octanol–water partition coefficient (Wildman–Crippen LogP) is 4.26. The lowest BCUT2D eigenvalue weighted by Crippen LogP contribution is -2.41. The van der Waals surface area contributed by atoms with Gasteiger partial charge in [0.05, 0.1) is 6.54 Å². The zero-order valence-electron chi connectivity index (χ0n) is 13.7. The van der Waals surface area contributed by atoms with Crippen LogP contribution in [0.15, 0.2) is 79.0 Å². The van der Waals surface area contributed by atoms with Gasteiger partial charge in [-0.3, -0.25) is 9.69 Å². The van der Waals surface area contributed by atoms with Crippen molar-refractivity contribution in [3.8, 4) is 11.3 Å². The molecule has 0 aliphatic rings. The number of amides is 1. The first kappa shape index (κ1) is 17.7. The van der Waals surface area contributed by atoms with E-state index in [1.165, 1.54) is 6.07 Å². The van der Waals surface area contributed by atoms with E-state index in [1.807, 2.05) is 6.07 Å². The molecule has 0 bridgehead atoms. The number of H-pyrrole nitrogens is 1. The molecule has 3 aromatic rings. The highest BCUT2D eigenvalue weighted by Gasteiger charge is 2.44. The fourth-order valence-corrected chi connectivity index (χ4v) is 2.67. The van der Waals surface area contributed by atoms with Gasteiger partial charge in [0.25, 0.3) is 0 Å². The molecule has 1 amide bonds. The quantitative estimate of drug-likeness (QED) is 0.687. The summed E-state index contributed by atoms with van der Waals surface area (Å²) < 4.78 is 39.7. The van der Waals surface area contributed by atoms with E-state index in [9.17, 15) is 18.0 Å². The first-order valence-electron chi connectivity index (χ1n) is 7.95. The van der Waals surface area contributed by atoms with Gasteiger partial charge in [0.2, 0.25) is 5.69 Å². The van der Waals surface area contributed by atoms with Gasteiger partial charge in [-0.2, -0.15) is 13.2 Å². The fourth-order valence-electron chi connectivity index (χ4n) is 2.67. The van der Waals surface area contributed by atoms with Gasteiger partial charge >= 0.3 is 12.1 Å². The van der Waals surface area contributed by atoms with Gasteiger partial charge in [-0.1, -0.05) is 48.5 Å². The molecule has 0 spiro atoms. The summed E-state index contributed by atoms with van der Waals surface area (Å²) in [5, 5.41) is 0. The first-order chi connectivity index (χ1) is 12.5. The number of rotatable bonds is 4. The summed E-state index contributed by atoms with van der Waals surface area (Å²) in [5.74, 6) is -1.90. The number of carbonyl (C=O) groups is 1. The number of hydrogen-bond acceptors (Lipinski definition) is 1. The van der Waals surface area contributed by atoms with Gasteiger partial charge in [0.1, 0.15) is 5.69 Å². The standard InChI is InChI=1S/C20H15F3N2O/c21-20(22,23)19(26)25(14-15-8-3-1-4-9-15)17-12-7-13-24-18(17)16-10-5-2-6-11-16/h1-13H,14H2/p+1. The molecular weight excluding hydrogens is 341 g/mol. The van der Waals surface area contributed by atoms with Crippen molar-refractivity contribution in [2.45, 2.75) is 12.7 Å². The van der Waals surface area contributed by atoms with E-state index >= 15 is 0 Å². The van der Waals surface area contributed by atoms with Gasteiger partial charge in [0.15, 0.2) is 6.20 Å². The average Bonchev–Trinajstić information content (AvgIpc) is 2.66. The summed E-state index contributed by atoms with van der Waals surface area (Å²) in [4.78, 5) is 15.9. The zero-order valence-corrected chi connectivity index (χ0v) is 13.7. The van der Waals surface area contributed by atoms with Crippen LogP contribution < -0.4 is 9.88 Å². The molecule has 6 heteroatoms. The highest BCUT2D eigenvalue weighted by molar-refractivity contribution is 5.99. The number of anilines is 1. The van der Waals surface area contributed by atoms with Crippen LogP contribution in [0.5, 0.6) is 0 Å². The number of nitrogens with one attached hydrogen (secondary N) is 1. The average molecular weight is 357 g/mol. The molecule has 0 aliphatic heterocycles. The Morgan fingerprint density at radius 1 is 0.885 bits per heavy atom. The molecule has 1 heterocycles. The highest BCUT2D eigenvalue weighted by atomic mass is 19.4. The van der Waals surface area contributed by atoms with Crippen LogP contribution in [0.2, 0.25) is 0 Å². The van der Waals surface area contributed by atoms with E-state index in [4.69, 9.17) is 0 Å². The smallest absolute Gasteiger partial charge is 0.294 e. The molecule has 0 fully saturated rings. The molecular formula is C20H16F3N2O+. The number of halogens is 3. The molecule has 3 rings (SSSR count). The van der Waals surface area contributed by atoms with Crippen LogP contribution >= 0.6 is 0 Å². The minimum atomic E-state index is -4.97. The summed E-state index contributed by atoms with van der Waals surface area (Å²) in [7, 11) is 0. The molecule has 1 aromatic heterocycles. The normalized spacial score (nSPS) is 11.2. The van der Waals surface area contributed by atoms with Gasteiger partial charge in [-0.15, -0.1) is 0 Å². The van der Waals surface area contributed by atoms with E-state index in [0.717, 1.165) is 4.90 Å². The van der Waals surface area contributed by atoms with Gasteiger partial charge in [0, 0.05) is 11.6 Å². The Kier molecular flexibility index (Phi) is 5.02. The van der Waals surface area contributed by atoms with Crippen molar-refractivity contribution in [1.82, 2.24) is 0 Å². The Morgan fingerprint density at radius 2 is 1.50 bits per heavy atom. The number of nitrogens with zero attached hydrogens (tertiary/aromatic N) is 1. The van der Waals surface area contributed by atoms with Crippen LogP contribution in [0.25, 0.3) is 11.3 Å². The van der Waals surface area contributed by atoms with Crippen molar-refractivity contribution in [1.29, 1.82) is 0 Å². The van der Waals surface area contributed by atoms with Crippen molar-refractivity contribution in [3.63, 3.8) is 0 Å². The lowest BCUT2D eigenvalue weighted by atomic mass is 10.1. The monoisotopic (exact) mass is 357 g/mol. The minimum Gasteiger partial charge on any atom is -0.294 e. The number of alkyl halides is 3. The Morgan fingerprint density at radius 3 is 2.12 bits per heavy atom. The second-order valence-corrected chi connectivity index (χ2v) is 5.67. The van der Waals surface area contributed by atoms with Crippen molar-refractivity contribution >= 4 is 11.6 Å². The third-order valence-electron chi connectivity index (χ3n) is 3.86. The van der Waals surface area contributed by atoms with Gasteiger partial charge in [-0.05, 0) is 23.8 Å². The molecule has 1 N–H and O–H groups in total. The van der Waals surface area contributed by atoms with Gasteiger partial charge < -0.3 is 0 Å². The Hall–Kier alpha value is -3.15. The topological polar surface area (TPSA) is 34.5 Å². The van der Waals surface area contributed by atoms with Gasteiger partial charge in [-0.25, -0.2) is 4.98 Å². The summed E-state index contributed by atoms with van der Waals surface area (Å²) in [6.45, 7) is -0.184. The summed E-state index contributed by atoms with van der Waals surface area (Å²) in [6.07, 6.45) is -3.36. The van der Waals surface area contributed by atoms with Crippen LogP contribution in [-0.2, 0) is 11.3 Å². The van der Waals surface area contributed by atoms with Crippen LogP contribution in [0, 0.1) is 0 Å². The number of aromatic nitrogens is 1. The molecule has 0 saturated carbocycles. The Bertz CT molecular complexity index is 880. The SMILES string of the molecule is O=C(N(Cc1ccccc1)c1ccc[nH+]c1-c1ccccc1)C(F)(F)F. The molecule has 0 unspecified atom stereocenters. The second kappa shape index (κ2) is 7.39. The number of pyridine rings is 1. The molecule has 0 saturated heterocycles. The lowest BCUT2D eigenvalue weighted by Gasteiger charge is -2.24. The number of aromatic amines is 1. The Balaban J connectivity index is 2.09.